The maximum Gasteiger partial charge on any atom is 0.317 e. The number of piperidine rings is 1. The topological polar surface area (TPSA) is 101 Å². The molecule has 0 spiro atoms. The van der Waals surface area contributed by atoms with Crippen molar-refractivity contribution >= 4 is 11.9 Å². The molecule has 1 fully saturated rings. The monoisotopic (exact) mass is 395 g/mol. The molecule has 0 bridgehead atoms. The zero-order valence-electron chi connectivity index (χ0n) is 17.4. The smallest absolute Gasteiger partial charge is 0.317 e. The van der Waals surface area contributed by atoms with E-state index in [1.165, 1.54) is 0 Å². The van der Waals surface area contributed by atoms with Gasteiger partial charge in [0.25, 0.3) is 0 Å². The van der Waals surface area contributed by atoms with E-state index in [4.69, 9.17) is 9.26 Å². The molecule has 28 heavy (non-hydrogen) atoms. The van der Waals surface area contributed by atoms with Crippen LogP contribution >= 0.6 is 0 Å². The van der Waals surface area contributed by atoms with E-state index in [0.717, 1.165) is 19.3 Å². The lowest BCUT2D eigenvalue weighted by molar-refractivity contribution is -0.132. The van der Waals surface area contributed by atoms with E-state index in [-0.39, 0.29) is 18.0 Å². The average Bonchev–Trinajstić information content (AvgIpc) is 3.08. The largest absolute Gasteiger partial charge is 0.383 e. The normalized spacial score (nSPS) is 17.0. The number of amides is 3. The molecule has 9 nitrogen and oxygen atoms in total. The average molecular weight is 396 g/mol. The van der Waals surface area contributed by atoms with Gasteiger partial charge < -0.3 is 24.4 Å². The molecule has 1 atom stereocenters. The maximum absolute atomic E-state index is 12.3. The van der Waals surface area contributed by atoms with Crippen LogP contribution in [-0.2, 0) is 22.4 Å². The van der Waals surface area contributed by atoms with E-state index in [2.05, 4.69) is 29.3 Å². The zero-order chi connectivity index (χ0) is 20.5. The molecule has 0 radical (unpaired) electrons. The van der Waals surface area contributed by atoms with Crippen LogP contribution in [0.5, 0.6) is 0 Å². The second-order valence-corrected chi connectivity index (χ2v) is 7.63. The minimum atomic E-state index is -0.109. The summed E-state index contributed by atoms with van der Waals surface area (Å²) in [5.41, 5.74) is 0. The van der Waals surface area contributed by atoms with Crippen LogP contribution in [0.3, 0.4) is 0 Å². The molecule has 0 saturated carbocycles. The fraction of sp³-hybridized carbons (Fsp3) is 0.789. The molecule has 1 aliphatic heterocycles. The fourth-order valence-corrected chi connectivity index (χ4v) is 3.41. The van der Waals surface area contributed by atoms with Crippen LogP contribution in [0.2, 0.25) is 0 Å². The van der Waals surface area contributed by atoms with Gasteiger partial charge in [0.2, 0.25) is 11.8 Å². The van der Waals surface area contributed by atoms with Gasteiger partial charge in [0.1, 0.15) is 0 Å². The Bertz CT molecular complexity index is 634. The Labute approximate surface area is 166 Å². The van der Waals surface area contributed by atoms with Crippen LogP contribution in [0.25, 0.3) is 0 Å². The molecular weight excluding hydrogens is 362 g/mol. The maximum atomic E-state index is 12.3. The molecule has 2 rings (SSSR count). The Morgan fingerprint density at radius 2 is 2.21 bits per heavy atom. The number of hydrogen-bond donors (Lipinski definition) is 1. The van der Waals surface area contributed by atoms with Gasteiger partial charge in [0.15, 0.2) is 5.82 Å². The minimum Gasteiger partial charge on any atom is -0.383 e. The standard InChI is InChI=1S/C19H33N5O4/c1-14(2)12-18-21-17(22-28-18)7-10-24(15(3)25)16-6-5-9-23(13-16)19(26)20-8-11-27-4/h14,16H,5-13H2,1-4H3,(H,20,26). The molecule has 0 aliphatic carbocycles. The van der Waals surface area contributed by atoms with Crippen molar-refractivity contribution in [3.8, 4) is 0 Å². The number of methoxy groups -OCH3 is 1. The predicted molar refractivity (Wildman–Crippen MR) is 104 cm³/mol. The number of nitrogens with one attached hydrogen (secondary N) is 1. The molecule has 1 unspecified atom stereocenters. The van der Waals surface area contributed by atoms with E-state index < -0.39 is 0 Å². The molecule has 0 aromatic carbocycles. The van der Waals surface area contributed by atoms with Crippen LogP contribution in [0.15, 0.2) is 4.52 Å². The molecule has 2 heterocycles. The van der Waals surface area contributed by atoms with Crippen molar-refractivity contribution < 1.29 is 18.8 Å². The highest BCUT2D eigenvalue weighted by Crippen LogP contribution is 2.17. The van der Waals surface area contributed by atoms with Gasteiger partial charge in [-0.15, -0.1) is 0 Å². The van der Waals surface area contributed by atoms with Crippen molar-refractivity contribution in [3.63, 3.8) is 0 Å². The summed E-state index contributed by atoms with van der Waals surface area (Å²) >= 11 is 0. The van der Waals surface area contributed by atoms with Gasteiger partial charge in [0, 0.05) is 59.1 Å². The highest BCUT2D eigenvalue weighted by Gasteiger charge is 2.29. The van der Waals surface area contributed by atoms with Crippen LogP contribution in [-0.4, -0.2) is 77.8 Å². The minimum absolute atomic E-state index is 0.00135. The number of nitrogens with zero attached hydrogens (tertiary/aromatic N) is 4. The third-order valence-corrected chi connectivity index (χ3v) is 4.78. The van der Waals surface area contributed by atoms with Crippen molar-refractivity contribution in [1.29, 1.82) is 0 Å². The highest BCUT2D eigenvalue weighted by molar-refractivity contribution is 5.75. The quantitative estimate of drug-likeness (QED) is 0.636. The number of aromatic nitrogens is 2. The van der Waals surface area contributed by atoms with Crippen molar-refractivity contribution in [2.75, 3.05) is 39.9 Å². The lowest BCUT2D eigenvalue weighted by atomic mass is 10.0. The Morgan fingerprint density at radius 3 is 2.89 bits per heavy atom. The van der Waals surface area contributed by atoms with Gasteiger partial charge in [-0.25, -0.2) is 4.79 Å². The van der Waals surface area contributed by atoms with E-state index in [9.17, 15) is 9.59 Å². The summed E-state index contributed by atoms with van der Waals surface area (Å²) in [5, 5.41) is 6.86. The number of carbonyl (C=O) groups is 2. The lowest BCUT2D eigenvalue weighted by Gasteiger charge is -2.39. The van der Waals surface area contributed by atoms with Gasteiger partial charge >= 0.3 is 6.03 Å². The van der Waals surface area contributed by atoms with Gasteiger partial charge in [-0.1, -0.05) is 19.0 Å². The zero-order valence-corrected chi connectivity index (χ0v) is 17.4. The molecule has 1 aliphatic rings. The second-order valence-electron chi connectivity index (χ2n) is 7.63. The third-order valence-electron chi connectivity index (χ3n) is 4.78. The van der Waals surface area contributed by atoms with Crippen molar-refractivity contribution in [2.45, 2.75) is 52.5 Å². The van der Waals surface area contributed by atoms with Gasteiger partial charge in [-0.2, -0.15) is 4.98 Å². The summed E-state index contributed by atoms with van der Waals surface area (Å²) in [4.78, 5) is 32.5. The van der Waals surface area contributed by atoms with Crippen molar-refractivity contribution in [1.82, 2.24) is 25.3 Å². The molecule has 9 heteroatoms. The number of ether oxygens (including phenoxy) is 1. The van der Waals surface area contributed by atoms with E-state index in [0.29, 0.717) is 56.8 Å². The van der Waals surface area contributed by atoms with E-state index in [1.54, 1.807) is 18.9 Å². The summed E-state index contributed by atoms with van der Waals surface area (Å²) in [6.45, 7) is 8.46. The van der Waals surface area contributed by atoms with Crippen LogP contribution in [0.4, 0.5) is 4.79 Å². The van der Waals surface area contributed by atoms with Crippen LogP contribution in [0, 0.1) is 5.92 Å². The Balaban J connectivity index is 1.90. The SMILES string of the molecule is COCCNC(=O)N1CCCC(N(CCc2noc(CC(C)C)n2)C(C)=O)C1. The van der Waals surface area contributed by atoms with Gasteiger partial charge in [0.05, 0.1) is 6.61 Å². The number of urea groups is 1. The molecule has 1 aromatic heterocycles. The molecule has 1 N–H and O–H groups in total. The van der Waals surface area contributed by atoms with E-state index >= 15 is 0 Å². The van der Waals surface area contributed by atoms with E-state index in [1.807, 2.05) is 4.90 Å². The highest BCUT2D eigenvalue weighted by atomic mass is 16.5. The summed E-state index contributed by atoms with van der Waals surface area (Å²) < 4.78 is 10.2. The first-order valence-corrected chi connectivity index (χ1v) is 10.0. The van der Waals surface area contributed by atoms with Crippen LogP contribution in [0.1, 0.15) is 45.3 Å². The van der Waals surface area contributed by atoms with Crippen molar-refractivity contribution in [2.24, 2.45) is 5.92 Å². The summed E-state index contributed by atoms with van der Waals surface area (Å²) in [6, 6.07) is -0.108. The molecule has 1 aromatic rings. The number of likely N-dealkylation sites (tertiary alicyclic amines) is 1. The third kappa shape index (κ3) is 6.78. The number of carbonyl (C=O) groups excluding carboxylic acids is 2. The molecule has 3 amide bonds. The first-order valence-electron chi connectivity index (χ1n) is 10.0. The van der Waals surface area contributed by atoms with Crippen LogP contribution < -0.4 is 5.32 Å². The molecule has 158 valence electrons. The first-order chi connectivity index (χ1) is 13.4. The summed E-state index contributed by atoms with van der Waals surface area (Å²) in [5.74, 6) is 1.70. The summed E-state index contributed by atoms with van der Waals surface area (Å²) in [7, 11) is 1.60. The number of rotatable bonds is 9. The lowest BCUT2D eigenvalue weighted by Crippen LogP contribution is -2.54. The van der Waals surface area contributed by atoms with Gasteiger partial charge in [-0.05, 0) is 18.8 Å². The fourth-order valence-electron chi connectivity index (χ4n) is 3.41. The predicted octanol–water partition coefficient (Wildman–Crippen LogP) is 1.48. The Kier molecular flexibility index (Phi) is 8.69. The Hall–Kier alpha value is -2.16. The molecular formula is C19H33N5O4. The number of hydrogen-bond acceptors (Lipinski definition) is 6. The van der Waals surface area contributed by atoms with Crippen molar-refractivity contribution in [3.05, 3.63) is 11.7 Å². The van der Waals surface area contributed by atoms with Gasteiger partial charge in [-0.3, -0.25) is 4.79 Å². The summed E-state index contributed by atoms with van der Waals surface area (Å²) in [6.07, 6.45) is 3.04. The Morgan fingerprint density at radius 1 is 1.43 bits per heavy atom. The second kappa shape index (κ2) is 11.0. The molecule has 1 saturated heterocycles. The first kappa shape index (κ1) is 22.1.